The highest BCUT2D eigenvalue weighted by Crippen LogP contribution is 2.18. The van der Waals surface area contributed by atoms with E-state index in [2.05, 4.69) is 11.9 Å². The Bertz CT molecular complexity index is 154. The summed E-state index contributed by atoms with van der Waals surface area (Å²) in [7, 11) is 0. The molecule has 0 saturated heterocycles. The third kappa shape index (κ3) is 4.09. The van der Waals surface area contributed by atoms with Gasteiger partial charge >= 0.3 is 0 Å². The van der Waals surface area contributed by atoms with E-state index in [4.69, 9.17) is 0 Å². The molecule has 0 unspecified atom stereocenters. The van der Waals surface area contributed by atoms with Gasteiger partial charge in [-0.3, -0.25) is 4.79 Å². The molecule has 0 aromatic rings. The molecular formula is C8H13NOS. The predicted molar refractivity (Wildman–Crippen MR) is 48.7 cm³/mol. The Morgan fingerprint density at radius 2 is 2.45 bits per heavy atom. The first-order valence-electron chi connectivity index (χ1n) is 3.81. The highest BCUT2D eigenvalue weighted by atomic mass is 32.2. The number of hydrogen-bond donors (Lipinski definition) is 1. The molecule has 1 amide bonds. The summed E-state index contributed by atoms with van der Waals surface area (Å²) in [6, 6.07) is 0.492. The molecule has 11 heavy (non-hydrogen) atoms. The van der Waals surface area contributed by atoms with Crippen molar-refractivity contribution in [2.24, 2.45) is 0 Å². The van der Waals surface area contributed by atoms with E-state index in [-0.39, 0.29) is 5.91 Å². The van der Waals surface area contributed by atoms with Gasteiger partial charge in [-0.25, -0.2) is 0 Å². The van der Waals surface area contributed by atoms with Gasteiger partial charge in [0, 0.05) is 11.8 Å². The van der Waals surface area contributed by atoms with Gasteiger partial charge in [0.2, 0.25) is 5.91 Å². The normalized spacial score (nSPS) is 16.0. The number of thioether (sulfide) groups is 1. The maximum atomic E-state index is 11.0. The van der Waals surface area contributed by atoms with Crippen molar-refractivity contribution in [3.8, 4) is 0 Å². The lowest BCUT2D eigenvalue weighted by Gasteiger charge is -2.00. The van der Waals surface area contributed by atoms with E-state index in [1.54, 1.807) is 11.8 Å². The Morgan fingerprint density at radius 3 is 3.00 bits per heavy atom. The van der Waals surface area contributed by atoms with Gasteiger partial charge < -0.3 is 5.32 Å². The van der Waals surface area contributed by atoms with Crippen LogP contribution in [0, 0.1) is 0 Å². The van der Waals surface area contributed by atoms with Crippen molar-refractivity contribution in [2.45, 2.75) is 18.9 Å². The number of hydrogen-bond acceptors (Lipinski definition) is 2. The van der Waals surface area contributed by atoms with Gasteiger partial charge in [-0.2, -0.15) is 0 Å². The highest BCUT2D eigenvalue weighted by Gasteiger charge is 2.22. The molecule has 1 fully saturated rings. The second-order valence-corrected chi connectivity index (χ2v) is 3.68. The SMILES string of the molecule is C=CCSCC(=O)NC1CC1. The molecule has 62 valence electrons. The third-order valence-electron chi connectivity index (χ3n) is 1.41. The van der Waals surface area contributed by atoms with Gasteiger partial charge in [0.15, 0.2) is 0 Å². The zero-order valence-corrected chi connectivity index (χ0v) is 7.32. The van der Waals surface area contributed by atoms with E-state index in [0.717, 1.165) is 18.6 Å². The van der Waals surface area contributed by atoms with Crippen molar-refractivity contribution in [3.63, 3.8) is 0 Å². The summed E-state index contributed by atoms with van der Waals surface area (Å²) < 4.78 is 0. The molecule has 0 bridgehead atoms. The number of carbonyl (C=O) groups is 1. The highest BCUT2D eigenvalue weighted by molar-refractivity contribution is 8.00. The van der Waals surface area contributed by atoms with Crippen LogP contribution in [-0.2, 0) is 4.79 Å². The van der Waals surface area contributed by atoms with Crippen LogP contribution in [0.25, 0.3) is 0 Å². The predicted octanol–water partition coefficient (Wildman–Crippen LogP) is 1.18. The number of rotatable bonds is 5. The lowest BCUT2D eigenvalue weighted by molar-refractivity contribution is -0.118. The minimum Gasteiger partial charge on any atom is -0.353 e. The van der Waals surface area contributed by atoms with Crippen LogP contribution >= 0.6 is 11.8 Å². The van der Waals surface area contributed by atoms with Gasteiger partial charge in [0.25, 0.3) is 0 Å². The lowest BCUT2D eigenvalue weighted by Crippen LogP contribution is -2.27. The topological polar surface area (TPSA) is 29.1 Å². The minimum atomic E-state index is 0.166. The molecule has 0 atom stereocenters. The molecule has 0 aromatic heterocycles. The average Bonchev–Trinajstić information content (AvgIpc) is 2.72. The summed E-state index contributed by atoms with van der Waals surface area (Å²) in [5.74, 6) is 1.60. The fourth-order valence-corrected chi connectivity index (χ4v) is 1.29. The van der Waals surface area contributed by atoms with Crippen molar-refractivity contribution in [2.75, 3.05) is 11.5 Å². The van der Waals surface area contributed by atoms with E-state index in [0.29, 0.717) is 11.8 Å². The molecule has 3 heteroatoms. The van der Waals surface area contributed by atoms with E-state index in [1.165, 1.54) is 0 Å². The number of nitrogens with one attached hydrogen (secondary N) is 1. The minimum absolute atomic E-state index is 0.166. The van der Waals surface area contributed by atoms with Crippen LogP contribution in [0.15, 0.2) is 12.7 Å². The van der Waals surface area contributed by atoms with E-state index in [9.17, 15) is 4.79 Å². The molecular weight excluding hydrogens is 158 g/mol. The van der Waals surface area contributed by atoms with Crippen LogP contribution in [0.2, 0.25) is 0 Å². The maximum Gasteiger partial charge on any atom is 0.230 e. The summed E-state index contributed by atoms with van der Waals surface area (Å²) in [6.07, 6.45) is 4.14. The zero-order chi connectivity index (χ0) is 8.10. The smallest absolute Gasteiger partial charge is 0.230 e. The summed E-state index contributed by atoms with van der Waals surface area (Å²) in [5, 5.41) is 2.92. The summed E-state index contributed by atoms with van der Waals surface area (Å²) in [4.78, 5) is 11.0. The van der Waals surface area contributed by atoms with Crippen molar-refractivity contribution in [3.05, 3.63) is 12.7 Å². The van der Waals surface area contributed by atoms with Crippen molar-refractivity contribution >= 4 is 17.7 Å². The Hall–Kier alpha value is -0.440. The lowest BCUT2D eigenvalue weighted by atomic mass is 10.6. The van der Waals surface area contributed by atoms with Gasteiger partial charge in [-0.15, -0.1) is 18.3 Å². The molecule has 0 radical (unpaired) electrons. The fraction of sp³-hybridized carbons (Fsp3) is 0.625. The van der Waals surface area contributed by atoms with E-state index in [1.807, 2.05) is 6.08 Å². The van der Waals surface area contributed by atoms with Gasteiger partial charge in [-0.1, -0.05) is 6.08 Å². The summed E-state index contributed by atoms with van der Waals surface area (Å²) in [6.45, 7) is 3.58. The molecule has 1 aliphatic carbocycles. The molecule has 0 heterocycles. The van der Waals surface area contributed by atoms with Gasteiger partial charge in [0.05, 0.1) is 5.75 Å². The molecule has 2 nitrogen and oxygen atoms in total. The first-order valence-corrected chi connectivity index (χ1v) is 4.96. The fourth-order valence-electron chi connectivity index (χ4n) is 0.732. The second-order valence-electron chi connectivity index (χ2n) is 2.65. The Balaban J connectivity index is 1.95. The standard InChI is InChI=1S/C8H13NOS/c1-2-5-11-6-8(10)9-7-3-4-7/h2,7H,1,3-6H2,(H,9,10). The van der Waals surface area contributed by atoms with E-state index >= 15 is 0 Å². The Morgan fingerprint density at radius 1 is 1.73 bits per heavy atom. The maximum absolute atomic E-state index is 11.0. The summed E-state index contributed by atoms with van der Waals surface area (Å²) in [5.41, 5.74) is 0. The van der Waals surface area contributed by atoms with Crippen molar-refractivity contribution in [1.82, 2.24) is 5.32 Å². The second kappa shape index (κ2) is 4.44. The number of carbonyl (C=O) groups excluding carboxylic acids is 1. The first kappa shape index (κ1) is 8.65. The summed E-state index contributed by atoms with van der Waals surface area (Å²) >= 11 is 1.60. The third-order valence-corrected chi connectivity index (χ3v) is 2.35. The largest absolute Gasteiger partial charge is 0.353 e. The Labute approximate surface area is 71.4 Å². The molecule has 1 rings (SSSR count). The van der Waals surface area contributed by atoms with Crippen molar-refractivity contribution in [1.29, 1.82) is 0 Å². The van der Waals surface area contributed by atoms with E-state index < -0.39 is 0 Å². The average molecular weight is 171 g/mol. The van der Waals surface area contributed by atoms with Crippen LogP contribution in [0.5, 0.6) is 0 Å². The molecule has 0 spiro atoms. The number of amides is 1. The van der Waals surface area contributed by atoms with Crippen LogP contribution in [0.4, 0.5) is 0 Å². The van der Waals surface area contributed by atoms with Crippen LogP contribution in [-0.4, -0.2) is 23.5 Å². The van der Waals surface area contributed by atoms with Crippen molar-refractivity contribution < 1.29 is 4.79 Å². The molecule has 1 saturated carbocycles. The van der Waals surface area contributed by atoms with Crippen LogP contribution in [0.1, 0.15) is 12.8 Å². The Kier molecular flexibility index (Phi) is 3.49. The molecule has 1 aliphatic rings. The monoisotopic (exact) mass is 171 g/mol. The molecule has 0 aromatic carbocycles. The van der Waals surface area contributed by atoms with Crippen LogP contribution < -0.4 is 5.32 Å². The van der Waals surface area contributed by atoms with Gasteiger partial charge in [-0.05, 0) is 12.8 Å². The van der Waals surface area contributed by atoms with Gasteiger partial charge in [0.1, 0.15) is 0 Å². The molecule has 0 aliphatic heterocycles. The van der Waals surface area contributed by atoms with Crippen LogP contribution in [0.3, 0.4) is 0 Å². The first-order chi connectivity index (χ1) is 5.33. The molecule has 1 N–H and O–H groups in total. The quantitative estimate of drug-likeness (QED) is 0.497. The zero-order valence-electron chi connectivity index (χ0n) is 6.51.